The van der Waals surface area contributed by atoms with Gasteiger partial charge in [0.15, 0.2) is 0 Å². The predicted octanol–water partition coefficient (Wildman–Crippen LogP) is 4.22. The number of hydrogen-bond donors (Lipinski definition) is 0. The van der Waals surface area contributed by atoms with Crippen LogP contribution in [0.5, 0.6) is 0 Å². The summed E-state index contributed by atoms with van der Waals surface area (Å²) >= 11 is 0. The van der Waals surface area contributed by atoms with Crippen LogP contribution in [-0.2, 0) is 0 Å². The van der Waals surface area contributed by atoms with Crippen LogP contribution in [0.25, 0.3) is 22.4 Å². The van der Waals surface area contributed by atoms with Gasteiger partial charge in [0.05, 0.1) is 5.69 Å². The lowest BCUT2D eigenvalue weighted by molar-refractivity contribution is 1.32. The van der Waals surface area contributed by atoms with Crippen LogP contribution in [-0.4, -0.2) is 4.98 Å². The van der Waals surface area contributed by atoms with Gasteiger partial charge in [-0.25, -0.2) is 0 Å². The van der Waals surface area contributed by atoms with Crippen LogP contribution >= 0.6 is 0 Å². The Morgan fingerprint density at radius 2 is 1.61 bits per heavy atom. The molecule has 3 rings (SSSR count). The fourth-order valence-electron chi connectivity index (χ4n) is 2.01. The van der Waals surface area contributed by atoms with Gasteiger partial charge in [-0.1, -0.05) is 60.7 Å². The molecule has 0 atom stereocenters. The SMILES string of the molecule is [c]1ccccc1-c1ncccc1-c1ccccc1. The Labute approximate surface area is 107 Å². The van der Waals surface area contributed by atoms with Gasteiger partial charge in [0.1, 0.15) is 0 Å². The van der Waals surface area contributed by atoms with Crippen LogP contribution in [0.3, 0.4) is 0 Å². The number of pyridine rings is 1. The number of rotatable bonds is 2. The molecule has 85 valence electrons. The molecule has 0 saturated heterocycles. The van der Waals surface area contributed by atoms with Gasteiger partial charge in [-0.05, 0) is 17.7 Å². The van der Waals surface area contributed by atoms with Crippen LogP contribution < -0.4 is 0 Å². The van der Waals surface area contributed by atoms with Gasteiger partial charge in [0.25, 0.3) is 0 Å². The molecule has 0 aliphatic rings. The molecule has 0 saturated carbocycles. The Balaban J connectivity index is 2.18. The molecule has 1 aromatic heterocycles. The zero-order valence-corrected chi connectivity index (χ0v) is 9.88. The minimum absolute atomic E-state index is 0.976. The van der Waals surface area contributed by atoms with E-state index in [1.807, 2.05) is 54.7 Å². The topological polar surface area (TPSA) is 12.9 Å². The molecule has 1 radical (unpaired) electrons. The molecule has 0 N–H and O–H groups in total. The molecule has 0 aliphatic heterocycles. The molecule has 1 nitrogen and oxygen atoms in total. The van der Waals surface area contributed by atoms with E-state index >= 15 is 0 Å². The van der Waals surface area contributed by atoms with Crippen LogP contribution in [0.4, 0.5) is 0 Å². The molecule has 0 amide bonds. The van der Waals surface area contributed by atoms with E-state index in [0.29, 0.717) is 0 Å². The van der Waals surface area contributed by atoms with E-state index in [4.69, 9.17) is 0 Å². The summed E-state index contributed by atoms with van der Waals surface area (Å²) in [7, 11) is 0. The lowest BCUT2D eigenvalue weighted by Crippen LogP contribution is -1.88. The van der Waals surface area contributed by atoms with Crippen LogP contribution in [0.1, 0.15) is 0 Å². The van der Waals surface area contributed by atoms with Gasteiger partial charge in [-0.3, -0.25) is 4.98 Å². The minimum Gasteiger partial charge on any atom is -0.256 e. The lowest BCUT2D eigenvalue weighted by Gasteiger charge is -2.08. The minimum atomic E-state index is 0.976. The maximum atomic E-state index is 4.49. The van der Waals surface area contributed by atoms with E-state index in [2.05, 4.69) is 29.2 Å². The van der Waals surface area contributed by atoms with Gasteiger partial charge >= 0.3 is 0 Å². The van der Waals surface area contributed by atoms with Crippen LogP contribution in [0, 0.1) is 6.07 Å². The molecule has 0 spiro atoms. The summed E-state index contributed by atoms with van der Waals surface area (Å²) in [5.74, 6) is 0. The normalized spacial score (nSPS) is 10.2. The van der Waals surface area contributed by atoms with Crippen LogP contribution in [0.15, 0.2) is 72.9 Å². The number of aromatic nitrogens is 1. The molecule has 0 unspecified atom stereocenters. The van der Waals surface area contributed by atoms with Gasteiger partial charge in [-0.15, -0.1) is 0 Å². The first-order valence-corrected chi connectivity index (χ1v) is 5.93. The monoisotopic (exact) mass is 230 g/mol. The van der Waals surface area contributed by atoms with Crippen molar-refractivity contribution in [3.8, 4) is 22.4 Å². The fourth-order valence-corrected chi connectivity index (χ4v) is 2.01. The largest absolute Gasteiger partial charge is 0.256 e. The second-order valence-corrected chi connectivity index (χ2v) is 4.04. The summed E-state index contributed by atoms with van der Waals surface area (Å²) in [6.07, 6.45) is 1.82. The third kappa shape index (κ3) is 2.03. The van der Waals surface area contributed by atoms with Crippen molar-refractivity contribution in [2.45, 2.75) is 0 Å². The van der Waals surface area contributed by atoms with Crippen molar-refractivity contribution in [2.24, 2.45) is 0 Å². The molecule has 18 heavy (non-hydrogen) atoms. The molecule has 3 aromatic rings. The van der Waals surface area contributed by atoms with Crippen molar-refractivity contribution in [2.75, 3.05) is 0 Å². The third-order valence-corrected chi connectivity index (χ3v) is 2.86. The average molecular weight is 230 g/mol. The Kier molecular flexibility index (Phi) is 2.89. The zero-order chi connectivity index (χ0) is 12.2. The standard InChI is InChI=1S/C17H12N/c1-3-8-14(9-4-1)16-12-7-13-18-17(16)15-10-5-2-6-11-15/h1-10,12-13H. The second-order valence-electron chi connectivity index (χ2n) is 4.04. The highest BCUT2D eigenvalue weighted by Crippen LogP contribution is 2.29. The molecule has 0 aliphatic carbocycles. The second kappa shape index (κ2) is 4.84. The highest BCUT2D eigenvalue weighted by atomic mass is 14.7. The molecular weight excluding hydrogens is 218 g/mol. The number of hydrogen-bond acceptors (Lipinski definition) is 1. The van der Waals surface area contributed by atoms with Crippen molar-refractivity contribution < 1.29 is 0 Å². The van der Waals surface area contributed by atoms with Crippen molar-refractivity contribution in [1.29, 1.82) is 0 Å². The zero-order valence-electron chi connectivity index (χ0n) is 9.88. The number of nitrogens with zero attached hydrogens (tertiary/aromatic N) is 1. The quantitative estimate of drug-likeness (QED) is 0.642. The van der Waals surface area contributed by atoms with Gasteiger partial charge in [0.2, 0.25) is 0 Å². The highest BCUT2D eigenvalue weighted by Gasteiger charge is 2.07. The summed E-state index contributed by atoms with van der Waals surface area (Å²) in [6.45, 7) is 0. The molecule has 1 heteroatoms. The first-order chi connectivity index (χ1) is 8.95. The summed E-state index contributed by atoms with van der Waals surface area (Å²) < 4.78 is 0. The van der Waals surface area contributed by atoms with E-state index < -0.39 is 0 Å². The maximum Gasteiger partial charge on any atom is 0.0786 e. The van der Waals surface area contributed by atoms with Gasteiger partial charge in [0, 0.05) is 17.3 Å². The number of benzene rings is 2. The fraction of sp³-hybridized carbons (Fsp3) is 0. The van der Waals surface area contributed by atoms with E-state index in [1.165, 1.54) is 5.56 Å². The lowest BCUT2D eigenvalue weighted by atomic mass is 10.00. The van der Waals surface area contributed by atoms with Crippen molar-refractivity contribution in [1.82, 2.24) is 4.98 Å². The molecular formula is C17H12N. The van der Waals surface area contributed by atoms with Crippen LogP contribution in [0.2, 0.25) is 0 Å². The molecule has 1 heterocycles. The molecule has 2 aromatic carbocycles. The first kappa shape index (κ1) is 10.7. The third-order valence-electron chi connectivity index (χ3n) is 2.86. The summed E-state index contributed by atoms with van der Waals surface area (Å²) in [6, 6.07) is 25.5. The Morgan fingerprint density at radius 1 is 0.778 bits per heavy atom. The van der Waals surface area contributed by atoms with Gasteiger partial charge < -0.3 is 0 Å². The smallest absolute Gasteiger partial charge is 0.0786 e. The molecule has 0 fully saturated rings. The van der Waals surface area contributed by atoms with E-state index in [-0.39, 0.29) is 0 Å². The first-order valence-electron chi connectivity index (χ1n) is 5.93. The summed E-state index contributed by atoms with van der Waals surface area (Å²) in [5.41, 5.74) is 4.32. The van der Waals surface area contributed by atoms with E-state index in [9.17, 15) is 0 Å². The van der Waals surface area contributed by atoms with Gasteiger partial charge in [-0.2, -0.15) is 0 Å². The molecule has 0 bridgehead atoms. The summed E-state index contributed by atoms with van der Waals surface area (Å²) in [4.78, 5) is 4.49. The Hall–Kier alpha value is -2.41. The average Bonchev–Trinajstić information content (AvgIpc) is 2.49. The highest BCUT2D eigenvalue weighted by molar-refractivity contribution is 5.80. The van der Waals surface area contributed by atoms with Crippen molar-refractivity contribution >= 4 is 0 Å². The van der Waals surface area contributed by atoms with E-state index in [0.717, 1.165) is 16.8 Å². The Bertz CT molecular complexity index is 572. The summed E-state index contributed by atoms with van der Waals surface area (Å²) in [5, 5.41) is 0. The maximum absolute atomic E-state index is 4.49. The van der Waals surface area contributed by atoms with Crippen molar-refractivity contribution in [3.05, 3.63) is 79.0 Å². The predicted molar refractivity (Wildman–Crippen MR) is 73.9 cm³/mol. The van der Waals surface area contributed by atoms with E-state index in [1.54, 1.807) is 0 Å². The van der Waals surface area contributed by atoms with Crippen molar-refractivity contribution in [3.63, 3.8) is 0 Å². The Morgan fingerprint density at radius 3 is 2.39 bits per heavy atom.